The van der Waals surface area contributed by atoms with Gasteiger partial charge in [-0.05, 0) is 42.0 Å². The van der Waals surface area contributed by atoms with Crippen LogP contribution in [-0.2, 0) is 25.8 Å². The van der Waals surface area contributed by atoms with Crippen molar-refractivity contribution in [2.24, 2.45) is 0 Å². The monoisotopic (exact) mass is 320 g/mol. The molecule has 0 spiro atoms. The molecule has 0 unspecified atom stereocenters. The van der Waals surface area contributed by atoms with Gasteiger partial charge in [-0.15, -0.1) is 0 Å². The third kappa shape index (κ3) is 4.33. The first-order chi connectivity index (χ1) is 10.4. The molecular weight excluding hydrogens is 304 g/mol. The molecule has 0 radical (unpaired) electrons. The van der Waals surface area contributed by atoms with Crippen molar-refractivity contribution in [2.45, 2.75) is 11.3 Å². The number of carbonyl (C=O) groups excluding carboxylic acids is 1. The van der Waals surface area contributed by atoms with E-state index in [1.807, 2.05) is 0 Å². The van der Waals surface area contributed by atoms with Gasteiger partial charge in [0, 0.05) is 6.26 Å². The molecule has 2 aromatic rings. The van der Waals surface area contributed by atoms with Crippen LogP contribution in [0.25, 0.3) is 0 Å². The lowest BCUT2D eigenvalue weighted by atomic mass is 10.1. The van der Waals surface area contributed by atoms with Gasteiger partial charge in [0.15, 0.2) is 9.84 Å². The third-order valence-corrected chi connectivity index (χ3v) is 4.12. The number of carbonyl (C=O) groups is 1. The molecule has 6 heteroatoms. The highest BCUT2D eigenvalue weighted by Gasteiger charge is 2.07. The van der Waals surface area contributed by atoms with Crippen LogP contribution in [0.4, 0.5) is 0 Å². The van der Waals surface area contributed by atoms with Crippen LogP contribution >= 0.6 is 0 Å². The fraction of sp³-hybridized carbons (Fsp3) is 0.188. The van der Waals surface area contributed by atoms with E-state index in [1.54, 1.807) is 36.4 Å². The highest BCUT2D eigenvalue weighted by atomic mass is 32.2. The normalized spacial score (nSPS) is 11.0. The molecular formula is C16H16O5S. The van der Waals surface area contributed by atoms with Crippen molar-refractivity contribution in [3.05, 3.63) is 54.1 Å². The van der Waals surface area contributed by atoms with Gasteiger partial charge in [0.25, 0.3) is 0 Å². The van der Waals surface area contributed by atoms with E-state index in [9.17, 15) is 13.2 Å². The zero-order valence-electron chi connectivity index (χ0n) is 12.3. The summed E-state index contributed by atoms with van der Waals surface area (Å²) in [5.74, 6) is 0.832. The smallest absolute Gasteiger partial charge is 0.309 e. The summed E-state index contributed by atoms with van der Waals surface area (Å²) in [7, 11) is -1.86. The Kier molecular flexibility index (Phi) is 4.82. The first-order valence-electron chi connectivity index (χ1n) is 6.52. The SMILES string of the molecule is COC(=O)Cc1ccc(Oc2ccc(S(C)(=O)=O)cc2)cc1. The van der Waals surface area contributed by atoms with Crippen LogP contribution in [-0.4, -0.2) is 27.8 Å². The maximum Gasteiger partial charge on any atom is 0.309 e. The number of methoxy groups -OCH3 is 1. The quantitative estimate of drug-likeness (QED) is 0.792. The zero-order chi connectivity index (χ0) is 16.2. The molecule has 0 saturated carbocycles. The van der Waals surface area contributed by atoms with Crippen molar-refractivity contribution in [3.63, 3.8) is 0 Å². The maximum absolute atomic E-state index is 11.4. The van der Waals surface area contributed by atoms with Gasteiger partial charge in [-0.25, -0.2) is 8.42 Å². The van der Waals surface area contributed by atoms with Gasteiger partial charge in [-0.1, -0.05) is 12.1 Å². The topological polar surface area (TPSA) is 69.7 Å². The van der Waals surface area contributed by atoms with Gasteiger partial charge in [0.1, 0.15) is 11.5 Å². The third-order valence-electron chi connectivity index (χ3n) is 2.99. The lowest BCUT2D eigenvalue weighted by molar-refractivity contribution is -0.139. The summed E-state index contributed by atoms with van der Waals surface area (Å²) in [4.78, 5) is 11.4. The summed E-state index contributed by atoms with van der Waals surface area (Å²) in [5, 5.41) is 0. The Labute approximate surface area is 129 Å². The molecule has 0 aliphatic heterocycles. The summed E-state index contributed by atoms with van der Waals surface area (Å²) >= 11 is 0. The number of esters is 1. The predicted octanol–water partition coefficient (Wildman–Crippen LogP) is 2.60. The Hall–Kier alpha value is -2.34. The van der Waals surface area contributed by atoms with E-state index < -0.39 is 9.84 Å². The van der Waals surface area contributed by atoms with Gasteiger partial charge >= 0.3 is 5.97 Å². The standard InChI is InChI=1S/C16H16O5S/c1-20-16(17)11-12-3-5-13(6-4-12)21-14-7-9-15(10-8-14)22(2,18)19/h3-10H,11H2,1-2H3. The van der Waals surface area contributed by atoms with Crippen LogP contribution in [0, 0.1) is 0 Å². The number of ether oxygens (including phenoxy) is 2. The number of benzene rings is 2. The first kappa shape index (κ1) is 16.0. The molecule has 116 valence electrons. The number of rotatable bonds is 5. The molecule has 2 rings (SSSR count). The van der Waals surface area contributed by atoms with E-state index >= 15 is 0 Å². The summed E-state index contributed by atoms with van der Waals surface area (Å²) in [6, 6.07) is 13.2. The molecule has 0 fully saturated rings. The molecule has 0 aromatic heterocycles. The Morgan fingerprint density at radius 1 is 0.955 bits per heavy atom. The summed E-state index contributed by atoms with van der Waals surface area (Å²) < 4.78 is 33.0. The Morgan fingerprint density at radius 3 is 1.91 bits per heavy atom. The second kappa shape index (κ2) is 6.62. The molecule has 22 heavy (non-hydrogen) atoms. The maximum atomic E-state index is 11.4. The van der Waals surface area contributed by atoms with E-state index in [0.717, 1.165) is 11.8 Å². The molecule has 0 bridgehead atoms. The minimum atomic E-state index is -3.21. The molecule has 0 atom stereocenters. The molecule has 5 nitrogen and oxygen atoms in total. The van der Waals surface area contributed by atoms with Crippen LogP contribution in [0.5, 0.6) is 11.5 Å². The fourth-order valence-electron chi connectivity index (χ4n) is 1.81. The molecule has 0 saturated heterocycles. The number of hydrogen-bond donors (Lipinski definition) is 0. The van der Waals surface area contributed by atoms with E-state index in [2.05, 4.69) is 4.74 Å². The number of hydrogen-bond acceptors (Lipinski definition) is 5. The average molecular weight is 320 g/mol. The lowest BCUT2D eigenvalue weighted by Gasteiger charge is -2.07. The van der Waals surface area contributed by atoms with Crippen LogP contribution < -0.4 is 4.74 Å². The van der Waals surface area contributed by atoms with Crippen LogP contribution in [0.1, 0.15) is 5.56 Å². The second-order valence-electron chi connectivity index (χ2n) is 4.74. The van der Waals surface area contributed by atoms with E-state index in [-0.39, 0.29) is 17.3 Å². The van der Waals surface area contributed by atoms with E-state index in [0.29, 0.717) is 11.5 Å². The molecule has 2 aromatic carbocycles. The van der Waals surface area contributed by atoms with E-state index in [4.69, 9.17) is 4.74 Å². The molecule has 0 aliphatic rings. The average Bonchev–Trinajstić information content (AvgIpc) is 2.49. The van der Waals surface area contributed by atoms with Gasteiger partial charge in [0.2, 0.25) is 0 Å². The minimum absolute atomic E-state index is 0.208. The fourth-order valence-corrected chi connectivity index (χ4v) is 2.44. The molecule has 0 amide bonds. The highest BCUT2D eigenvalue weighted by molar-refractivity contribution is 7.90. The molecule has 0 aliphatic carbocycles. The first-order valence-corrected chi connectivity index (χ1v) is 8.41. The largest absolute Gasteiger partial charge is 0.469 e. The number of sulfone groups is 1. The molecule has 0 N–H and O–H groups in total. The van der Waals surface area contributed by atoms with Gasteiger partial charge < -0.3 is 9.47 Å². The Balaban J connectivity index is 2.06. The zero-order valence-corrected chi connectivity index (χ0v) is 13.1. The van der Waals surface area contributed by atoms with E-state index in [1.165, 1.54) is 19.2 Å². The van der Waals surface area contributed by atoms with Gasteiger partial charge in [-0.2, -0.15) is 0 Å². The molecule has 0 heterocycles. The lowest BCUT2D eigenvalue weighted by Crippen LogP contribution is -2.04. The van der Waals surface area contributed by atoms with Crippen molar-refractivity contribution in [1.29, 1.82) is 0 Å². The van der Waals surface area contributed by atoms with Crippen molar-refractivity contribution in [2.75, 3.05) is 13.4 Å². The van der Waals surface area contributed by atoms with Crippen molar-refractivity contribution in [1.82, 2.24) is 0 Å². The van der Waals surface area contributed by atoms with Crippen LogP contribution in [0.2, 0.25) is 0 Å². The van der Waals surface area contributed by atoms with Gasteiger partial charge in [-0.3, -0.25) is 4.79 Å². The summed E-state index contributed by atoms with van der Waals surface area (Å²) in [6.07, 6.45) is 1.36. The van der Waals surface area contributed by atoms with Crippen LogP contribution in [0.3, 0.4) is 0 Å². The van der Waals surface area contributed by atoms with Crippen molar-refractivity contribution < 1.29 is 22.7 Å². The van der Waals surface area contributed by atoms with Crippen molar-refractivity contribution in [3.8, 4) is 11.5 Å². The summed E-state index contributed by atoms with van der Waals surface area (Å²) in [6.45, 7) is 0. The predicted molar refractivity (Wildman–Crippen MR) is 81.8 cm³/mol. The highest BCUT2D eigenvalue weighted by Crippen LogP contribution is 2.23. The van der Waals surface area contributed by atoms with Crippen molar-refractivity contribution >= 4 is 15.8 Å². The van der Waals surface area contributed by atoms with Gasteiger partial charge in [0.05, 0.1) is 18.4 Å². The summed E-state index contributed by atoms with van der Waals surface area (Å²) in [5.41, 5.74) is 0.826. The van der Waals surface area contributed by atoms with Crippen LogP contribution in [0.15, 0.2) is 53.4 Å². The Morgan fingerprint density at radius 2 is 1.45 bits per heavy atom. The Bertz CT molecular complexity index is 746. The second-order valence-corrected chi connectivity index (χ2v) is 6.76. The minimum Gasteiger partial charge on any atom is -0.469 e.